The minimum Gasteiger partial charge on any atom is -0.726 e. The summed E-state index contributed by atoms with van der Waals surface area (Å²) in [6.07, 6.45) is 19.2. The van der Waals surface area contributed by atoms with Gasteiger partial charge in [0.1, 0.15) is 0 Å². The summed E-state index contributed by atoms with van der Waals surface area (Å²) in [5.41, 5.74) is 0. The topological polar surface area (TPSA) is 144 Å². The second kappa shape index (κ2) is 21.9. The quantitative estimate of drug-likeness (QED) is 0.0951. The van der Waals surface area contributed by atoms with E-state index in [1.807, 2.05) is 5.32 Å². The first-order valence-corrected chi connectivity index (χ1v) is 13.0. The average molecular weight is 458 g/mol. The first-order valence-electron chi connectivity index (χ1n) is 11.7. The molecule has 0 fully saturated rings. The molecule has 0 unspecified atom stereocenters. The lowest BCUT2D eigenvalue weighted by molar-refractivity contribution is -0.660. The third-order valence-corrected chi connectivity index (χ3v) is 5.23. The molecule has 0 atom stereocenters. The number of rotatable bonds is 20. The first-order chi connectivity index (χ1) is 14.1. The summed E-state index contributed by atoms with van der Waals surface area (Å²) in [5, 5.41) is 28.2. The van der Waals surface area contributed by atoms with Gasteiger partial charge in [-0.3, -0.25) is 4.18 Å². The Kier molecular flexibility index (Phi) is 23.3. The van der Waals surface area contributed by atoms with Crippen molar-refractivity contribution in [1.82, 2.24) is 0 Å². The molecule has 0 saturated heterocycles. The fourth-order valence-electron chi connectivity index (χ4n) is 3.07. The van der Waals surface area contributed by atoms with E-state index in [0.717, 1.165) is 6.54 Å². The molecular formula is C21H47NO7S. The van der Waals surface area contributed by atoms with Crippen molar-refractivity contribution in [1.29, 1.82) is 0 Å². The Labute approximate surface area is 184 Å². The molecule has 0 rings (SSSR count). The molecule has 0 radical (unpaired) electrons. The van der Waals surface area contributed by atoms with Gasteiger partial charge in [0.2, 0.25) is 10.4 Å². The van der Waals surface area contributed by atoms with Gasteiger partial charge >= 0.3 is 0 Å². The Morgan fingerprint density at radius 3 is 1.43 bits per heavy atom. The molecule has 0 aromatic heterocycles. The molecular weight excluding hydrogens is 410 g/mol. The van der Waals surface area contributed by atoms with E-state index < -0.39 is 16.4 Å². The van der Waals surface area contributed by atoms with Crippen LogP contribution < -0.4 is 5.32 Å². The van der Waals surface area contributed by atoms with E-state index in [4.69, 9.17) is 15.3 Å². The summed E-state index contributed by atoms with van der Waals surface area (Å²) in [6.45, 7) is 5.17. The monoisotopic (exact) mass is 457 g/mol. The Hall–Kier alpha value is -0.290. The maximum atomic E-state index is 9.45. The Bertz CT molecular complexity index is 439. The van der Waals surface area contributed by atoms with Gasteiger partial charge < -0.3 is 25.2 Å². The van der Waals surface area contributed by atoms with Crippen LogP contribution in [0.4, 0.5) is 0 Å². The molecule has 0 aliphatic carbocycles. The Morgan fingerprint density at radius 2 is 1.13 bits per heavy atom. The lowest BCUT2D eigenvalue weighted by atomic mass is 10.0. The van der Waals surface area contributed by atoms with E-state index in [1.54, 1.807) is 0 Å². The molecule has 0 aliphatic rings. The van der Waals surface area contributed by atoms with Crippen LogP contribution >= 0.6 is 0 Å². The lowest BCUT2D eigenvalue weighted by Crippen LogP contribution is -2.84. The SMILES string of the molecule is CCCCCCCCCCCCCCCC[NH2+]CCC(O)(O)O.CCOS(=O)(=O)[O-]. The van der Waals surface area contributed by atoms with Gasteiger partial charge in [-0.15, -0.1) is 0 Å². The van der Waals surface area contributed by atoms with Gasteiger partial charge in [0, 0.05) is 0 Å². The van der Waals surface area contributed by atoms with Gasteiger partial charge in [0.05, 0.1) is 26.1 Å². The largest absolute Gasteiger partial charge is 0.726 e. The van der Waals surface area contributed by atoms with E-state index in [0.29, 0.717) is 6.54 Å². The zero-order chi connectivity index (χ0) is 23.1. The van der Waals surface area contributed by atoms with Crippen LogP contribution in [0.5, 0.6) is 0 Å². The van der Waals surface area contributed by atoms with E-state index in [-0.39, 0.29) is 13.0 Å². The molecule has 0 heterocycles. The zero-order valence-electron chi connectivity index (χ0n) is 19.2. The molecule has 0 bridgehead atoms. The average Bonchev–Trinajstić information content (AvgIpc) is 2.63. The molecule has 30 heavy (non-hydrogen) atoms. The van der Waals surface area contributed by atoms with Crippen molar-refractivity contribution in [2.45, 2.75) is 116 Å². The maximum absolute atomic E-state index is 9.45. The van der Waals surface area contributed by atoms with Crippen molar-refractivity contribution >= 4 is 10.4 Å². The van der Waals surface area contributed by atoms with Crippen LogP contribution in [0.1, 0.15) is 110 Å². The van der Waals surface area contributed by atoms with Crippen LogP contribution in [0.3, 0.4) is 0 Å². The van der Waals surface area contributed by atoms with E-state index in [2.05, 4.69) is 11.1 Å². The number of nitrogens with two attached hydrogens (primary N) is 1. The molecule has 0 amide bonds. The molecule has 0 spiro atoms. The molecule has 5 N–H and O–H groups in total. The highest BCUT2D eigenvalue weighted by molar-refractivity contribution is 7.80. The van der Waals surface area contributed by atoms with Crippen LogP contribution in [0.15, 0.2) is 0 Å². The summed E-state index contributed by atoms with van der Waals surface area (Å²) in [6, 6.07) is 0. The summed E-state index contributed by atoms with van der Waals surface area (Å²) in [4.78, 5) is 0. The van der Waals surface area contributed by atoms with Crippen LogP contribution in [0.25, 0.3) is 0 Å². The van der Waals surface area contributed by atoms with Crippen molar-refractivity contribution in [3.8, 4) is 0 Å². The predicted molar refractivity (Wildman–Crippen MR) is 117 cm³/mol. The minimum absolute atomic E-state index is 0.00556. The zero-order valence-corrected chi connectivity index (χ0v) is 20.0. The highest BCUT2D eigenvalue weighted by Crippen LogP contribution is 2.12. The van der Waals surface area contributed by atoms with Crippen molar-refractivity contribution in [3.63, 3.8) is 0 Å². The van der Waals surface area contributed by atoms with Crippen molar-refractivity contribution in [2.75, 3.05) is 19.7 Å². The number of hydrogen-bond acceptors (Lipinski definition) is 7. The second-order valence-corrected chi connectivity index (χ2v) is 8.85. The molecule has 8 nitrogen and oxygen atoms in total. The van der Waals surface area contributed by atoms with Crippen LogP contribution in [-0.4, -0.2) is 54.0 Å². The van der Waals surface area contributed by atoms with Gasteiger partial charge in [0.25, 0.3) is 5.97 Å². The predicted octanol–water partition coefficient (Wildman–Crippen LogP) is 2.54. The second-order valence-electron chi connectivity index (χ2n) is 7.80. The fourth-order valence-corrected chi connectivity index (χ4v) is 3.36. The van der Waals surface area contributed by atoms with E-state index in [1.165, 1.54) is 96.8 Å². The molecule has 0 aromatic rings. The number of hydrogen-bond donors (Lipinski definition) is 4. The molecule has 9 heteroatoms. The van der Waals surface area contributed by atoms with Crippen LogP contribution in [0, 0.1) is 0 Å². The Balaban J connectivity index is 0. The van der Waals surface area contributed by atoms with Gasteiger partial charge in [-0.2, -0.15) is 0 Å². The lowest BCUT2D eigenvalue weighted by Gasteiger charge is -2.12. The number of quaternary nitrogens is 1. The van der Waals surface area contributed by atoms with Crippen molar-refractivity contribution in [3.05, 3.63) is 0 Å². The number of aliphatic hydroxyl groups is 3. The van der Waals surface area contributed by atoms with Gasteiger partial charge in [-0.1, -0.05) is 84.0 Å². The maximum Gasteiger partial charge on any atom is 0.280 e. The third-order valence-electron chi connectivity index (χ3n) is 4.71. The molecule has 0 aromatic carbocycles. The van der Waals surface area contributed by atoms with Crippen molar-refractivity contribution < 1.29 is 37.8 Å². The molecule has 0 saturated carbocycles. The van der Waals surface area contributed by atoms with Gasteiger partial charge in [-0.05, 0) is 19.8 Å². The summed E-state index contributed by atoms with van der Waals surface area (Å²) in [5.74, 6) is -2.49. The summed E-state index contributed by atoms with van der Waals surface area (Å²) in [7, 11) is -4.42. The highest BCUT2D eigenvalue weighted by atomic mass is 32.3. The van der Waals surface area contributed by atoms with E-state index >= 15 is 0 Å². The van der Waals surface area contributed by atoms with E-state index in [9.17, 15) is 13.0 Å². The first kappa shape index (κ1) is 31.9. The minimum atomic E-state index is -4.42. The summed E-state index contributed by atoms with van der Waals surface area (Å²) < 4.78 is 32.0. The molecule has 0 aliphatic heterocycles. The van der Waals surface area contributed by atoms with Gasteiger partial charge in [-0.25, -0.2) is 8.42 Å². The summed E-state index contributed by atoms with van der Waals surface area (Å²) >= 11 is 0. The van der Waals surface area contributed by atoms with Crippen LogP contribution in [0.2, 0.25) is 0 Å². The highest BCUT2D eigenvalue weighted by Gasteiger charge is 2.17. The van der Waals surface area contributed by atoms with Crippen molar-refractivity contribution in [2.24, 2.45) is 0 Å². The molecule has 184 valence electrons. The van der Waals surface area contributed by atoms with Gasteiger partial charge in [0.15, 0.2) is 0 Å². The smallest absolute Gasteiger partial charge is 0.280 e. The van der Waals surface area contributed by atoms with Crippen LogP contribution in [-0.2, 0) is 14.6 Å². The normalized spacial score (nSPS) is 11.9. The third kappa shape index (κ3) is 35.2. The number of unbranched alkanes of at least 4 members (excludes halogenated alkanes) is 13. The standard InChI is InChI=1S/C19H41NO3.C2H6O4S/c1-2-3-4-5-6-7-8-9-10-11-12-13-14-15-17-20-18-16-19(21,22)23;1-2-6-7(3,4)5/h20-23H,2-18H2,1H3;2H2,1H3,(H,3,4,5). The fraction of sp³-hybridized carbons (Fsp3) is 1.00. The Morgan fingerprint density at radius 1 is 0.733 bits per heavy atom.